The quantitative estimate of drug-likeness (QED) is 0.125. The summed E-state index contributed by atoms with van der Waals surface area (Å²) in [5.41, 5.74) is 11.7. The number of rotatable bonds is 8. The van der Waals surface area contributed by atoms with Gasteiger partial charge in [0, 0.05) is 33.5 Å². The Bertz CT molecular complexity index is 2290. The van der Waals surface area contributed by atoms with Crippen molar-refractivity contribution in [1.82, 2.24) is 0 Å². The van der Waals surface area contributed by atoms with E-state index in [9.17, 15) is 0 Å². The number of nitrogens with zero attached hydrogens (tertiary/aromatic N) is 2. The van der Waals surface area contributed by atoms with Crippen molar-refractivity contribution in [2.75, 3.05) is 9.80 Å². The molecule has 0 aromatic heterocycles. The van der Waals surface area contributed by atoms with Crippen LogP contribution in [0.2, 0.25) is 0 Å². The first-order valence-electron chi connectivity index (χ1n) is 16.4. The van der Waals surface area contributed by atoms with Crippen molar-refractivity contribution >= 4 is 60.8 Å². The Kier molecular flexibility index (Phi) is 7.87. The Morgan fingerprint density at radius 1 is 0.532 bits per heavy atom. The molecule has 0 aliphatic heterocycles. The average molecular weight is 609 g/mol. The molecule has 0 fully saturated rings. The maximum absolute atomic E-state index is 4.29. The maximum Gasteiger partial charge on any atom is 0.0540 e. The van der Waals surface area contributed by atoms with Crippen LogP contribution in [0.3, 0.4) is 0 Å². The summed E-state index contributed by atoms with van der Waals surface area (Å²) in [4.78, 5) is 4.83. The van der Waals surface area contributed by atoms with E-state index in [0.717, 1.165) is 22.6 Å². The molecule has 47 heavy (non-hydrogen) atoms. The van der Waals surface area contributed by atoms with E-state index >= 15 is 0 Å². The fraction of sp³-hybridized carbons (Fsp3) is 0.111. The number of para-hydroxylation sites is 3. The van der Waals surface area contributed by atoms with Gasteiger partial charge in [-0.25, -0.2) is 0 Å². The molecule has 0 unspecified atom stereocenters. The van der Waals surface area contributed by atoms with Crippen LogP contribution in [-0.4, -0.2) is 0 Å². The van der Waals surface area contributed by atoms with Crippen LogP contribution in [0, 0.1) is 20.8 Å². The highest BCUT2D eigenvalue weighted by Crippen LogP contribution is 2.48. The first-order chi connectivity index (χ1) is 22.9. The SMILES string of the molecule is C=C/C(=C(C)\C=C/C)N(c1ccccc1C)c1ccc2ccc3c(N(c4ccccc4C)c4ccccc4C)ccc4ccc1c2c43. The van der Waals surface area contributed by atoms with Crippen molar-refractivity contribution in [3.05, 3.63) is 174 Å². The molecule has 0 amide bonds. The van der Waals surface area contributed by atoms with E-state index in [1.807, 2.05) is 6.08 Å². The molecule has 0 N–H and O–H groups in total. The molecule has 0 spiro atoms. The molecule has 7 rings (SSSR count). The second-order valence-corrected chi connectivity index (χ2v) is 12.4. The molecule has 0 aliphatic carbocycles. The lowest BCUT2D eigenvalue weighted by Crippen LogP contribution is -2.18. The van der Waals surface area contributed by atoms with Crippen LogP contribution < -0.4 is 9.80 Å². The Morgan fingerprint density at radius 2 is 0.979 bits per heavy atom. The molecule has 230 valence electrons. The van der Waals surface area contributed by atoms with Crippen molar-refractivity contribution in [3.63, 3.8) is 0 Å². The van der Waals surface area contributed by atoms with Gasteiger partial charge in [0.2, 0.25) is 0 Å². The molecule has 0 heterocycles. The minimum Gasteiger partial charge on any atom is -0.309 e. The highest BCUT2D eigenvalue weighted by Gasteiger charge is 2.23. The third kappa shape index (κ3) is 5.07. The number of aryl methyl sites for hydroxylation is 3. The zero-order chi connectivity index (χ0) is 32.7. The van der Waals surface area contributed by atoms with Gasteiger partial charge in [-0.2, -0.15) is 0 Å². The van der Waals surface area contributed by atoms with Gasteiger partial charge in [-0.05, 0) is 115 Å². The predicted molar refractivity (Wildman–Crippen MR) is 205 cm³/mol. The lowest BCUT2D eigenvalue weighted by Gasteiger charge is -2.31. The van der Waals surface area contributed by atoms with E-state index < -0.39 is 0 Å². The molecule has 0 atom stereocenters. The zero-order valence-electron chi connectivity index (χ0n) is 27.9. The second-order valence-electron chi connectivity index (χ2n) is 12.4. The Balaban J connectivity index is 1.56. The van der Waals surface area contributed by atoms with Gasteiger partial charge in [0.05, 0.1) is 11.4 Å². The van der Waals surface area contributed by atoms with Crippen molar-refractivity contribution in [2.24, 2.45) is 0 Å². The molecule has 2 nitrogen and oxygen atoms in total. The van der Waals surface area contributed by atoms with Gasteiger partial charge >= 0.3 is 0 Å². The van der Waals surface area contributed by atoms with E-state index in [4.69, 9.17) is 0 Å². The molecule has 7 aromatic carbocycles. The highest BCUT2D eigenvalue weighted by molar-refractivity contribution is 6.28. The van der Waals surface area contributed by atoms with E-state index in [-0.39, 0.29) is 0 Å². The molecule has 0 saturated heterocycles. The average Bonchev–Trinajstić information content (AvgIpc) is 3.09. The summed E-state index contributed by atoms with van der Waals surface area (Å²) in [5, 5.41) is 7.48. The van der Waals surface area contributed by atoms with Crippen molar-refractivity contribution in [3.8, 4) is 0 Å². The Morgan fingerprint density at radius 3 is 1.47 bits per heavy atom. The number of allylic oxidation sites excluding steroid dienone is 4. The lowest BCUT2D eigenvalue weighted by molar-refractivity contribution is 1.17. The molecule has 2 heteroatoms. The lowest BCUT2D eigenvalue weighted by atomic mass is 9.91. The van der Waals surface area contributed by atoms with Crippen LogP contribution in [0.5, 0.6) is 0 Å². The Labute approximate surface area is 278 Å². The molecular formula is C45H40N2. The highest BCUT2D eigenvalue weighted by atomic mass is 15.2. The van der Waals surface area contributed by atoms with Gasteiger partial charge in [0.25, 0.3) is 0 Å². The van der Waals surface area contributed by atoms with E-state index in [1.165, 1.54) is 66.1 Å². The number of benzene rings is 7. The predicted octanol–water partition coefficient (Wildman–Crippen LogP) is 13.2. The molecular weight excluding hydrogens is 569 g/mol. The second kappa shape index (κ2) is 12.3. The topological polar surface area (TPSA) is 6.48 Å². The van der Waals surface area contributed by atoms with Crippen LogP contribution in [0.15, 0.2) is 157 Å². The fourth-order valence-electron chi connectivity index (χ4n) is 7.15. The molecule has 7 aromatic rings. The number of hydrogen-bond donors (Lipinski definition) is 0. The van der Waals surface area contributed by atoms with Crippen molar-refractivity contribution in [1.29, 1.82) is 0 Å². The Hall–Kier alpha value is -5.60. The van der Waals surface area contributed by atoms with E-state index in [1.54, 1.807) is 0 Å². The fourth-order valence-corrected chi connectivity index (χ4v) is 7.15. The van der Waals surface area contributed by atoms with Gasteiger partial charge in [0.15, 0.2) is 0 Å². The van der Waals surface area contributed by atoms with Crippen LogP contribution in [0.25, 0.3) is 32.3 Å². The van der Waals surface area contributed by atoms with Crippen molar-refractivity contribution < 1.29 is 0 Å². The maximum atomic E-state index is 4.29. The summed E-state index contributed by atoms with van der Waals surface area (Å²) in [6, 6.07) is 44.3. The van der Waals surface area contributed by atoms with Gasteiger partial charge in [-0.15, -0.1) is 0 Å². The third-order valence-electron chi connectivity index (χ3n) is 9.42. The zero-order valence-corrected chi connectivity index (χ0v) is 27.9. The minimum absolute atomic E-state index is 1.07. The summed E-state index contributed by atoms with van der Waals surface area (Å²) < 4.78 is 0. The standard InChI is InChI=1S/C45H40N2/c1-7-15-30(3)38(8-2)46(39-19-12-9-16-31(39)4)42-28-24-34-23-27-37-43(29-25-35-22-26-36(42)44(34)45(35)37)47(40-20-13-10-17-32(40)5)41-21-14-11-18-33(41)6/h7-29H,2H2,1,3-6H3/b15-7-,38-30+. The van der Waals surface area contributed by atoms with Gasteiger partial charge in [-0.1, -0.05) is 110 Å². The summed E-state index contributed by atoms with van der Waals surface area (Å²) in [5.74, 6) is 0. The normalized spacial score (nSPS) is 12.3. The summed E-state index contributed by atoms with van der Waals surface area (Å²) in [6.07, 6.45) is 6.24. The molecule has 0 radical (unpaired) electrons. The molecule has 0 saturated carbocycles. The van der Waals surface area contributed by atoms with E-state index in [2.05, 4.69) is 184 Å². The summed E-state index contributed by atoms with van der Waals surface area (Å²) in [6.45, 7) is 15.1. The smallest absolute Gasteiger partial charge is 0.0540 e. The first kappa shape index (κ1) is 30.1. The van der Waals surface area contributed by atoms with Gasteiger partial charge in [0.1, 0.15) is 0 Å². The van der Waals surface area contributed by atoms with Crippen molar-refractivity contribution in [2.45, 2.75) is 34.6 Å². The summed E-state index contributed by atoms with van der Waals surface area (Å²) in [7, 11) is 0. The van der Waals surface area contributed by atoms with Crippen LogP contribution >= 0.6 is 0 Å². The van der Waals surface area contributed by atoms with E-state index in [0.29, 0.717) is 0 Å². The van der Waals surface area contributed by atoms with Gasteiger partial charge in [-0.3, -0.25) is 0 Å². The minimum atomic E-state index is 1.07. The molecule has 0 aliphatic rings. The van der Waals surface area contributed by atoms with Crippen LogP contribution in [0.4, 0.5) is 28.4 Å². The largest absolute Gasteiger partial charge is 0.309 e. The number of hydrogen-bond acceptors (Lipinski definition) is 2. The first-order valence-corrected chi connectivity index (χ1v) is 16.4. The summed E-state index contributed by atoms with van der Waals surface area (Å²) >= 11 is 0. The van der Waals surface area contributed by atoms with Crippen LogP contribution in [0.1, 0.15) is 30.5 Å². The van der Waals surface area contributed by atoms with Gasteiger partial charge < -0.3 is 9.80 Å². The number of anilines is 5. The third-order valence-corrected chi connectivity index (χ3v) is 9.42. The molecule has 0 bridgehead atoms. The van der Waals surface area contributed by atoms with Crippen LogP contribution in [-0.2, 0) is 0 Å². The monoisotopic (exact) mass is 608 g/mol.